The number of pyridine rings is 1. The van der Waals surface area contributed by atoms with Gasteiger partial charge in [0.2, 0.25) is 0 Å². The lowest BCUT2D eigenvalue weighted by molar-refractivity contribution is 0.0898. The maximum absolute atomic E-state index is 10.7. The van der Waals surface area contributed by atoms with Gasteiger partial charge in [-0.2, -0.15) is 0 Å². The highest BCUT2D eigenvalue weighted by Gasteiger charge is 2.30. The van der Waals surface area contributed by atoms with E-state index in [2.05, 4.69) is 4.98 Å². The third kappa shape index (κ3) is 2.20. The molecule has 3 nitrogen and oxygen atoms in total. The van der Waals surface area contributed by atoms with E-state index in [0.717, 1.165) is 16.7 Å². The van der Waals surface area contributed by atoms with Crippen LogP contribution in [0.5, 0.6) is 0 Å². The number of nitrogens with two attached hydrogens (primary N) is 1. The first-order chi connectivity index (χ1) is 8.16. The van der Waals surface area contributed by atoms with Gasteiger partial charge >= 0.3 is 0 Å². The van der Waals surface area contributed by atoms with Gasteiger partial charge in [0.05, 0.1) is 0 Å². The summed E-state index contributed by atoms with van der Waals surface area (Å²) in [5, 5.41) is 10.7. The van der Waals surface area contributed by atoms with Crippen LogP contribution in [0.2, 0.25) is 0 Å². The zero-order chi connectivity index (χ0) is 12.3. The normalized spacial score (nSPS) is 14.3. The van der Waals surface area contributed by atoms with Gasteiger partial charge in [-0.3, -0.25) is 4.98 Å². The van der Waals surface area contributed by atoms with Crippen molar-refractivity contribution in [3.63, 3.8) is 0 Å². The lowest BCUT2D eigenvalue weighted by atomic mass is 9.87. The Balaban J connectivity index is 2.52. The van der Waals surface area contributed by atoms with Crippen molar-refractivity contribution in [2.24, 2.45) is 5.73 Å². The number of hydrogen-bond acceptors (Lipinski definition) is 3. The number of benzene rings is 1. The van der Waals surface area contributed by atoms with Crippen LogP contribution in [-0.4, -0.2) is 16.6 Å². The molecule has 1 heterocycles. The van der Waals surface area contributed by atoms with E-state index in [-0.39, 0.29) is 6.54 Å². The standard InChI is InChI=1S/C14H16N2O/c1-11-7-13(9-16-8-11)14(17,10-15)12-5-3-2-4-6-12/h2-9,17H,10,15H2,1H3. The van der Waals surface area contributed by atoms with Crippen molar-refractivity contribution >= 4 is 0 Å². The molecule has 1 unspecified atom stereocenters. The molecule has 0 amide bonds. The molecule has 1 atom stereocenters. The van der Waals surface area contributed by atoms with Gasteiger partial charge in [0.25, 0.3) is 0 Å². The van der Waals surface area contributed by atoms with Gasteiger partial charge in [0.15, 0.2) is 0 Å². The maximum atomic E-state index is 10.7. The Bertz CT molecular complexity index is 499. The van der Waals surface area contributed by atoms with Gasteiger partial charge in [-0.25, -0.2) is 0 Å². The number of aromatic nitrogens is 1. The summed E-state index contributed by atoms with van der Waals surface area (Å²) >= 11 is 0. The lowest BCUT2D eigenvalue weighted by Crippen LogP contribution is -2.36. The predicted octanol–water partition coefficient (Wildman–Crippen LogP) is 1.58. The van der Waals surface area contributed by atoms with Gasteiger partial charge in [-0.05, 0) is 24.1 Å². The van der Waals surface area contributed by atoms with E-state index < -0.39 is 5.60 Å². The third-order valence-corrected chi connectivity index (χ3v) is 2.90. The van der Waals surface area contributed by atoms with Crippen LogP contribution in [-0.2, 0) is 5.60 Å². The van der Waals surface area contributed by atoms with Crippen molar-refractivity contribution in [1.82, 2.24) is 4.98 Å². The number of aryl methyl sites for hydroxylation is 1. The Morgan fingerprint density at radius 2 is 1.88 bits per heavy atom. The molecule has 1 aromatic heterocycles. The van der Waals surface area contributed by atoms with Gasteiger partial charge in [-0.1, -0.05) is 30.3 Å². The molecule has 0 aliphatic carbocycles. The van der Waals surface area contributed by atoms with E-state index >= 15 is 0 Å². The van der Waals surface area contributed by atoms with E-state index in [4.69, 9.17) is 5.73 Å². The highest BCUT2D eigenvalue weighted by Crippen LogP contribution is 2.28. The Morgan fingerprint density at radius 1 is 1.18 bits per heavy atom. The van der Waals surface area contributed by atoms with Crippen molar-refractivity contribution in [3.8, 4) is 0 Å². The molecule has 2 rings (SSSR count). The van der Waals surface area contributed by atoms with Crippen molar-refractivity contribution < 1.29 is 5.11 Å². The van der Waals surface area contributed by atoms with Crippen LogP contribution in [0.15, 0.2) is 48.8 Å². The van der Waals surface area contributed by atoms with Gasteiger partial charge in [0, 0.05) is 24.5 Å². The average Bonchev–Trinajstić information content (AvgIpc) is 2.39. The third-order valence-electron chi connectivity index (χ3n) is 2.90. The van der Waals surface area contributed by atoms with E-state index in [1.165, 1.54) is 0 Å². The Morgan fingerprint density at radius 3 is 2.47 bits per heavy atom. The smallest absolute Gasteiger partial charge is 0.128 e. The van der Waals surface area contributed by atoms with Crippen molar-refractivity contribution in [1.29, 1.82) is 0 Å². The largest absolute Gasteiger partial charge is 0.379 e. The molecular formula is C14H16N2O. The molecule has 2 aromatic rings. The molecular weight excluding hydrogens is 212 g/mol. The number of nitrogens with zero attached hydrogens (tertiary/aromatic N) is 1. The molecule has 0 aliphatic heterocycles. The molecule has 1 aromatic carbocycles. The summed E-state index contributed by atoms with van der Waals surface area (Å²) in [5.74, 6) is 0. The number of hydrogen-bond donors (Lipinski definition) is 2. The van der Waals surface area contributed by atoms with Crippen LogP contribution in [0.3, 0.4) is 0 Å². The summed E-state index contributed by atoms with van der Waals surface area (Å²) in [6.45, 7) is 2.07. The minimum atomic E-state index is -1.17. The van der Waals surface area contributed by atoms with Crippen LogP contribution in [0.25, 0.3) is 0 Å². The first kappa shape index (κ1) is 11.8. The summed E-state index contributed by atoms with van der Waals surface area (Å²) in [7, 11) is 0. The highest BCUT2D eigenvalue weighted by atomic mass is 16.3. The second-order valence-electron chi connectivity index (χ2n) is 4.18. The van der Waals surface area contributed by atoms with Crippen molar-refractivity contribution in [2.45, 2.75) is 12.5 Å². The quantitative estimate of drug-likeness (QED) is 0.838. The van der Waals surface area contributed by atoms with Crippen LogP contribution >= 0.6 is 0 Å². The van der Waals surface area contributed by atoms with E-state index in [9.17, 15) is 5.11 Å². The molecule has 0 saturated heterocycles. The Labute approximate surface area is 101 Å². The molecule has 0 aliphatic rings. The molecule has 0 spiro atoms. The molecule has 0 radical (unpaired) electrons. The summed E-state index contributed by atoms with van der Waals surface area (Å²) in [6, 6.07) is 11.3. The number of aliphatic hydroxyl groups is 1. The fourth-order valence-electron chi connectivity index (χ4n) is 1.90. The maximum Gasteiger partial charge on any atom is 0.128 e. The SMILES string of the molecule is Cc1cncc(C(O)(CN)c2ccccc2)c1. The monoisotopic (exact) mass is 228 g/mol. The van der Waals surface area contributed by atoms with Gasteiger partial charge in [0.1, 0.15) is 5.60 Å². The van der Waals surface area contributed by atoms with E-state index in [0.29, 0.717) is 0 Å². The summed E-state index contributed by atoms with van der Waals surface area (Å²) in [5.41, 5.74) is 7.10. The Kier molecular flexibility index (Phi) is 3.22. The Hall–Kier alpha value is -1.71. The second-order valence-corrected chi connectivity index (χ2v) is 4.18. The van der Waals surface area contributed by atoms with Gasteiger partial charge < -0.3 is 10.8 Å². The zero-order valence-corrected chi connectivity index (χ0v) is 9.80. The molecule has 3 heteroatoms. The molecule has 0 saturated carbocycles. The summed E-state index contributed by atoms with van der Waals surface area (Å²) < 4.78 is 0. The van der Waals surface area contributed by atoms with Gasteiger partial charge in [-0.15, -0.1) is 0 Å². The predicted molar refractivity (Wildman–Crippen MR) is 67.5 cm³/mol. The van der Waals surface area contributed by atoms with E-state index in [1.807, 2.05) is 43.3 Å². The van der Waals surface area contributed by atoms with Crippen LogP contribution < -0.4 is 5.73 Å². The van der Waals surface area contributed by atoms with Crippen molar-refractivity contribution in [2.75, 3.05) is 6.54 Å². The number of rotatable bonds is 3. The molecule has 3 N–H and O–H groups in total. The second kappa shape index (κ2) is 4.65. The summed E-state index contributed by atoms with van der Waals surface area (Å²) in [4.78, 5) is 4.11. The first-order valence-electron chi connectivity index (χ1n) is 5.57. The minimum Gasteiger partial charge on any atom is -0.379 e. The fourth-order valence-corrected chi connectivity index (χ4v) is 1.90. The van der Waals surface area contributed by atoms with Crippen LogP contribution in [0.1, 0.15) is 16.7 Å². The van der Waals surface area contributed by atoms with E-state index in [1.54, 1.807) is 12.4 Å². The topological polar surface area (TPSA) is 59.1 Å². The van der Waals surface area contributed by atoms with Crippen LogP contribution in [0.4, 0.5) is 0 Å². The average molecular weight is 228 g/mol. The minimum absolute atomic E-state index is 0.127. The summed E-state index contributed by atoms with van der Waals surface area (Å²) in [6.07, 6.45) is 3.41. The first-order valence-corrected chi connectivity index (χ1v) is 5.57. The lowest BCUT2D eigenvalue weighted by Gasteiger charge is -2.27. The highest BCUT2D eigenvalue weighted by molar-refractivity contribution is 5.36. The fraction of sp³-hybridized carbons (Fsp3) is 0.214. The molecule has 17 heavy (non-hydrogen) atoms. The molecule has 0 bridgehead atoms. The molecule has 0 fully saturated rings. The van der Waals surface area contributed by atoms with Crippen molar-refractivity contribution in [3.05, 3.63) is 65.5 Å². The molecule has 88 valence electrons. The zero-order valence-electron chi connectivity index (χ0n) is 9.80. The van der Waals surface area contributed by atoms with Crippen LogP contribution in [0, 0.1) is 6.92 Å².